The van der Waals surface area contributed by atoms with Crippen molar-refractivity contribution in [2.75, 3.05) is 6.54 Å². The van der Waals surface area contributed by atoms with E-state index in [0.717, 1.165) is 0 Å². The first-order valence-electron chi connectivity index (χ1n) is 3.71. The molecule has 0 spiro atoms. The molecule has 0 fully saturated rings. The van der Waals surface area contributed by atoms with Crippen molar-refractivity contribution in [1.82, 2.24) is 5.32 Å². The van der Waals surface area contributed by atoms with Crippen LogP contribution in [-0.4, -0.2) is 36.9 Å². The molecule has 0 saturated carbocycles. The van der Waals surface area contributed by atoms with Gasteiger partial charge in [-0.3, -0.25) is 4.79 Å². The summed E-state index contributed by atoms with van der Waals surface area (Å²) in [4.78, 5) is 10.2. The molecule has 0 heterocycles. The molecular formula is C6H4F9NO. The molecule has 0 aromatic heterocycles. The number of carbonyl (C=O) groups is 1. The van der Waals surface area contributed by atoms with E-state index in [2.05, 4.69) is 0 Å². The Balaban J connectivity index is 4.59. The van der Waals surface area contributed by atoms with Gasteiger partial charge in [-0.05, 0) is 0 Å². The van der Waals surface area contributed by atoms with E-state index in [1.807, 2.05) is 0 Å². The van der Waals surface area contributed by atoms with Gasteiger partial charge in [0.15, 0.2) is 0 Å². The van der Waals surface area contributed by atoms with Crippen molar-refractivity contribution in [2.45, 2.75) is 24.4 Å². The van der Waals surface area contributed by atoms with Crippen LogP contribution in [0.2, 0.25) is 0 Å². The summed E-state index contributed by atoms with van der Waals surface area (Å²) in [6.07, 6.45) is -10.6. The zero-order valence-corrected chi connectivity index (χ0v) is 7.59. The van der Waals surface area contributed by atoms with Crippen LogP contribution in [0.4, 0.5) is 39.5 Å². The molecule has 0 radical (unpaired) electrons. The molecule has 0 aromatic rings. The molecule has 0 aliphatic rings. The summed E-state index contributed by atoms with van der Waals surface area (Å²) in [6.45, 7) is -2.32. The lowest BCUT2D eigenvalue weighted by Gasteiger charge is -2.21. The average molecular weight is 277 g/mol. The Bertz CT molecular complexity index is 284. The third kappa shape index (κ3) is 3.66. The first kappa shape index (κ1) is 15.8. The molecule has 102 valence electrons. The van der Waals surface area contributed by atoms with Crippen molar-refractivity contribution in [3.63, 3.8) is 0 Å². The minimum Gasteiger partial charge on any atom is -0.344 e. The topological polar surface area (TPSA) is 29.1 Å². The Morgan fingerprint density at radius 2 is 1.41 bits per heavy atom. The van der Waals surface area contributed by atoms with Crippen LogP contribution in [0.3, 0.4) is 0 Å². The van der Waals surface area contributed by atoms with Crippen molar-refractivity contribution in [3.8, 4) is 0 Å². The fraction of sp³-hybridized carbons (Fsp3) is 0.833. The van der Waals surface area contributed by atoms with Crippen molar-refractivity contribution < 1.29 is 44.3 Å². The fourth-order valence-corrected chi connectivity index (χ4v) is 0.515. The van der Waals surface area contributed by atoms with E-state index in [9.17, 15) is 44.3 Å². The van der Waals surface area contributed by atoms with Gasteiger partial charge in [0, 0.05) is 0 Å². The van der Waals surface area contributed by atoms with Crippen LogP contribution < -0.4 is 5.32 Å². The molecule has 0 unspecified atom stereocenters. The van der Waals surface area contributed by atoms with E-state index in [1.165, 1.54) is 0 Å². The van der Waals surface area contributed by atoms with E-state index in [-0.39, 0.29) is 0 Å². The second kappa shape index (κ2) is 4.61. The molecule has 17 heavy (non-hydrogen) atoms. The van der Waals surface area contributed by atoms with E-state index < -0.39 is 36.9 Å². The van der Waals surface area contributed by atoms with Gasteiger partial charge in [0.05, 0.1) is 6.54 Å². The van der Waals surface area contributed by atoms with Crippen LogP contribution in [0, 0.1) is 0 Å². The Kier molecular flexibility index (Phi) is 4.29. The van der Waals surface area contributed by atoms with Gasteiger partial charge in [-0.25, -0.2) is 8.78 Å². The molecule has 0 bridgehead atoms. The maximum absolute atomic E-state index is 12.1. The van der Waals surface area contributed by atoms with Gasteiger partial charge in [-0.15, -0.1) is 0 Å². The number of halogens is 9. The van der Waals surface area contributed by atoms with E-state index in [1.54, 1.807) is 0 Å². The number of alkyl halides is 9. The predicted molar refractivity (Wildman–Crippen MR) is 35.0 cm³/mol. The van der Waals surface area contributed by atoms with E-state index in [0.29, 0.717) is 5.32 Å². The summed E-state index contributed by atoms with van der Waals surface area (Å²) in [5, 5.41) is 0.412. The monoisotopic (exact) mass is 277 g/mol. The van der Waals surface area contributed by atoms with Gasteiger partial charge < -0.3 is 5.32 Å². The number of hydrogen-bond donors (Lipinski definition) is 1. The highest BCUT2D eigenvalue weighted by Gasteiger charge is 2.63. The molecule has 0 aliphatic carbocycles. The summed E-state index contributed by atoms with van der Waals surface area (Å²) in [6, 6.07) is 0. The number of hydrogen-bond acceptors (Lipinski definition) is 1. The summed E-state index contributed by atoms with van der Waals surface area (Å²) >= 11 is 0. The minimum absolute atomic E-state index is 0.412. The summed E-state index contributed by atoms with van der Waals surface area (Å²) in [5.74, 6) is -13.9. The van der Waals surface area contributed by atoms with Crippen molar-refractivity contribution in [2.24, 2.45) is 0 Å². The lowest BCUT2D eigenvalue weighted by molar-refractivity contribution is -0.270. The lowest BCUT2D eigenvalue weighted by atomic mass is 10.3. The van der Waals surface area contributed by atoms with Crippen molar-refractivity contribution >= 4 is 5.91 Å². The van der Waals surface area contributed by atoms with Gasteiger partial charge in [-0.2, -0.15) is 30.7 Å². The van der Waals surface area contributed by atoms with Crippen LogP contribution in [0.25, 0.3) is 0 Å². The maximum atomic E-state index is 12.1. The molecule has 0 rings (SSSR count). The molecule has 0 saturated heterocycles. The van der Waals surface area contributed by atoms with E-state index >= 15 is 0 Å². The smallest absolute Gasteiger partial charge is 0.344 e. The molecule has 0 atom stereocenters. The zero-order valence-electron chi connectivity index (χ0n) is 7.59. The minimum atomic E-state index is -6.29. The number of nitrogens with one attached hydrogen (secondary N) is 1. The van der Waals surface area contributed by atoms with E-state index in [4.69, 9.17) is 0 Å². The molecule has 0 aromatic carbocycles. The highest BCUT2D eigenvalue weighted by Crippen LogP contribution is 2.35. The van der Waals surface area contributed by atoms with Gasteiger partial charge >= 0.3 is 30.4 Å². The Morgan fingerprint density at radius 1 is 1.00 bits per heavy atom. The standard InChI is InChI=1S/C6H4F9NO/c7-2(8)4(9,10)1-16-3(17)5(11,12)6(13,14)15/h2H,1H2,(H,16,17). The fourth-order valence-electron chi connectivity index (χ4n) is 0.515. The third-order valence-electron chi connectivity index (χ3n) is 1.45. The first-order valence-corrected chi connectivity index (χ1v) is 3.71. The molecular weight excluding hydrogens is 273 g/mol. The molecule has 1 amide bonds. The van der Waals surface area contributed by atoms with Crippen LogP contribution in [0.1, 0.15) is 0 Å². The van der Waals surface area contributed by atoms with Crippen LogP contribution in [-0.2, 0) is 4.79 Å². The Morgan fingerprint density at radius 3 is 1.71 bits per heavy atom. The number of rotatable bonds is 4. The molecule has 11 heteroatoms. The Labute approximate surface area is 87.8 Å². The lowest BCUT2D eigenvalue weighted by Crippen LogP contribution is -2.53. The summed E-state index contributed by atoms with van der Waals surface area (Å²) in [7, 11) is 0. The number of amides is 1. The van der Waals surface area contributed by atoms with Crippen LogP contribution >= 0.6 is 0 Å². The number of carbonyl (C=O) groups excluding carboxylic acids is 1. The summed E-state index contributed by atoms with van der Waals surface area (Å²) in [5.41, 5.74) is 0. The average Bonchev–Trinajstić information content (AvgIpc) is 2.12. The largest absolute Gasteiger partial charge is 0.463 e. The normalized spacial score (nSPS) is 14.0. The van der Waals surface area contributed by atoms with Crippen LogP contribution in [0.5, 0.6) is 0 Å². The van der Waals surface area contributed by atoms with Gasteiger partial charge in [0.25, 0.3) is 0 Å². The third-order valence-corrected chi connectivity index (χ3v) is 1.45. The van der Waals surface area contributed by atoms with Gasteiger partial charge in [0.2, 0.25) is 0 Å². The SMILES string of the molecule is O=C(NCC(F)(F)C(F)F)C(F)(F)C(F)(F)F. The van der Waals surface area contributed by atoms with Crippen molar-refractivity contribution in [3.05, 3.63) is 0 Å². The van der Waals surface area contributed by atoms with Crippen molar-refractivity contribution in [1.29, 1.82) is 0 Å². The molecule has 0 aliphatic heterocycles. The quantitative estimate of drug-likeness (QED) is 0.784. The predicted octanol–water partition coefficient (Wildman–Crippen LogP) is 2.20. The second-order valence-electron chi connectivity index (χ2n) is 2.82. The zero-order chi connectivity index (χ0) is 14.1. The first-order chi connectivity index (χ1) is 7.32. The second-order valence-corrected chi connectivity index (χ2v) is 2.82. The molecule has 1 N–H and O–H groups in total. The Hall–Kier alpha value is -1.16. The van der Waals surface area contributed by atoms with Gasteiger partial charge in [0.1, 0.15) is 0 Å². The summed E-state index contributed by atoms with van der Waals surface area (Å²) < 4.78 is 106. The highest BCUT2D eigenvalue weighted by molar-refractivity contribution is 5.84. The maximum Gasteiger partial charge on any atom is 0.463 e. The van der Waals surface area contributed by atoms with Crippen LogP contribution in [0.15, 0.2) is 0 Å². The van der Waals surface area contributed by atoms with Gasteiger partial charge in [-0.1, -0.05) is 0 Å². The molecule has 2 nitrogen and oxygen atoms in total. The highest BCUT2D eigenvalue weighted by atomic mass is 19.4.